The number of hydrogen-bond donors (Lipinski definition) is 1. The van der Waals surface area contributed by atoms with Crippen molar-refractivity contribution in [3.63, 3.8) is 0 Å². The molecular formula is C16H24O2. The average molecular weight is 248 g/mol. The van der Waals surface area contributed by atoms with Gasteiger partial charge in [-0.05, 0) is 36.8 Å². The van der Waals surface area contributed by atoms with Crippen LogP contribution >= 0.6 is 0 Å². The second kappa shape index (κ2) is 5.85. The SMILES string of the molecule is CC1CC(C(O)Cc2ccc(C(C)C)cc2)CO1. The fourth-order valence-corrected chi connectivity index (χ4v) is 2.57. The van der Waals surface area contributed by atoms with Crippen molar-refractivity contribution in [3.8, 4) is 0 Å². The van der Waals surface area contributed by atoms with Gasteiger partial charge in [-0.15, -0.1) is 0 Å². The van der Waals surface area contributed by atoms with E-state index in [0.717, 1.165) is 12.8 Å². The molecule has 2 nitrogen and oxygen atoms in total. The molecule has 0 spiro atoms. The molecule has 1 saturated heterocycles. The molecule has 0 bridgehead atoms. The molecule has 1 N–H and O–H groups in total. The molecule has 0 amide bonds. The molecule has 0 radical (unpaired) electrons. The van der Waals surface area contributed by atoms with Crippen molar-refractivity contribution in [2.75, 3.05) is 6.61 Å². The highest BCUT2D eigenvalue weighted by atomic mass is 16.5. The average Bonchev–Trinajstić information content (AvgIpc) is 2.76. The summed E-state index contributed by atoms with van der Waals surface area (Å²) in [6.07, 6.45) is 1.73. The molecule has 1 aromatic rings. The largest absolute Gasteiger partial charge is 0.392 e. The van der Waals surface area contributed by atoms with E-state index in [-0.39, 0.29) is 6.10 Å². The molecule has 3 unspecified atom stereocenters. The van der Waals surface area contributed by atoms with Crippen LogP contribution in [0.5, 0.6) is 0 Å². The van der Waals surface area contributed by atoms with E-state index >= 15 is 0 Å². The molecule has 0 aromatic heterocycles. The van der Waals surface area contributed by atoms with E-state index in [1.54, 1.807) is 0 Å². The first-order chi connectivity index (χ1) is 8.56. The van der Waals surface area contributed by atoms with Gasteiger partial charge < -0.3 is 9.84 Å². The van der Waals surface area contributed by atoms with Crippen molar-refractivity contribution in [1.29, 1.82) is 0 Å². The van der Waals surface area contributed by atoms with Crippen LogP contribution in [0.25, 0.3) is 0 Å². The van der Waals surface area contributed by atoms with Crippen LogP contribution in [0.2, 0.25) is 0 Å². The zero-order chi connectivity index (χ0) is 13.1. The van der Waals surface area contributed by atoms with E-state index in [1.165, 1.54) is 11.1 Å². The lowest BCUT2D eigenvalue weighted by atomic mass is 9.93. The van der Waals surface area contributed by atoms with Gasteiger partial charge in [0.05, 0.1) is 18.8 Å². The lowest BCUT2D eigenvalue weighted by Gasteiger charge is -2.17. The number of ether oxygens (including phenoxy) is 1. The second-order valence-electron chi connectivity index (χ2n) is 5.81. The van der Waals surface area contributed by atoms with Gasteiger partial charge in [0, 0.05) is 5.92 Å². The van der Waals surface area contributed by atoms with Crippen LogP contribution < -0.4 is 0 Å². The maximum absolute atomic E-state index is 10.2. The van der Waals surface area contributed by atoms with Crippen LogP contribution in [0.4, 0.5) is 0 Å². The van der Waals surface area contributed by atoms with E-state index in [4.69, 9.17) is 4.74 Å². The number of rotatable bonds is 4. The minimum atomic E-state index is -0.278. The lowest BCUT2D eigenvalue weighted by molar-refractivity contribution is 0.0807. The Balaban J connectivity index is 1.92. The summed E-state index contributed by atoms with van der Waals surface area (Å²) >= 11 is 0. The van der Waals surface area contributed by atoms with Gasteiger partial charge in [-0.25, -0.2) is 0 Å². The Bertz CT molecular complexity index is 369. The van der Waals surface area contributed by atoms with E-state index in [1.807, 2.05) is 0 Å². The Kier molecular flexibility index (Phi) is 4.41. The summed E-state index contributed by atoms with van der Waals surface area (Å²) in [5, 5.41) is 10.2. The maximum Gasteiger partial charge on any atom is 0.0631 e. The highest BCUT2D eigenvalue weighted by Crippen LogP contribution is 2.24. The molecule has 2 rings (SSSR count). The van der Waals surface area contributed by atoms with Gasteiger partial charge in [-0.3, -0.25) is 0 Å². The number of aliphatic hydroxyl groups excluding tert-OH is 1. The molecule has 1 aliphatic rings. The predicted molar refractivity (Wildman–Crippen MR) is 73.8 cm³/mol. The van der Waals surface area contributed by atoms with E-state index in [2.05, 4.69) is 45.0 Å². The van der Waals surface area contributed by atoms with E-state index in [0.29, 0.717) is 24.5 Å². The zero-order valence-corrected chi connectivity index (χ0v) is 11.6. The first kappa shape index (κ1) is 13.6. The van der Waals surface area contributed by atoms with Crippen molar-refractivity contribution in [2.24, 2.45) is 5.92 Å². The molecule has 1 aliphatic heterocycles. The van der Waals surface area contributed by atoms with Crippen LogP contribution in [-0.2, 0) is 11.2 Å². The molecule has 1 heterocycles. The van der Waals surface area contributed by atoms with Crippen LogP contribution in [0.1, 0.15) is 44.2 Å². The minimum absolute atomic E-state index is 0.278. The zero-order valence-electron chi connectivity index (χ0n) is 11.6. The van der Waals surface area contributed by atoms with Gasteiger partial charge in [-0.2, -0.15) is 0 Å². The summed E-state index contributed by atoms with van der Waals surface area (Å²) in [5.74, 6) is 0.859. The van der Waals surface area contributed by atoms with Crippen LogP contribution in [0.15, 0.2) is 24.3 Å². The predicted octanol–water partition coefficient (Wildman–Crippen LogP) is 3.14. The Labute approximate surface area is 110 Å². The highest BCUT2D eigenvalue weighted by molar-refractivity contribution is 5.25. The summed E-state index contributed by atoms with van der Waals surface area (Å²) in [4.78, 5) is 0. The molecule has 2 heteroatoms. The van der Waals surface area contributed by atoms with Crippen molar-refractivity contribution in [1.82, 2.24) is 0 Å². The molecule has 100 valence electrons. The van der Waals surface area contributed by atoms with Crippen molar-refractivity contribution >= 4 is 0 Å². The standard InChI is InChI=1S/C16H24O2/c1-11(2)14-6-4-13(5-7-14)9-16(17)15-8-12(3)18-10-15/h4-7,11-12,15-17H,8-10H2,1-3H3. The van der Waals surface area contributed by atoms with Gasteiger partial charge in [0.15, 0.2) is 0 Å². The Morgan fingerprint density at radius 2 is 1.94 bits per heavy atom. The minimum Gasteiger partial charge on any atom is -0.392 e. The fraction of sp³-hybridized carbons (Fsp3) is 0.625. The summed E-state index contributed by atoms with van der Waals surface area (Å²) in [5.41, 5.74) is 2.57. The van der Waals surface area contributed by atoms with Crippen LogP contribution in [-0.4, -0.2) is 23.9 Å². The third-order valence-corrected chi connectivity index (χ3v) is 3.86. The molecule has 1 fully saturated rings. The van der Waals surface area contributed by atoms with Gasteiger partial charge in [0.25, 0.3) is 0 Å². The summed E-state index contributed by atoms with van der Waals surface area (Å²) in [6.45, 7) is 7.17. The third kappa shape index (κ3) is 3.33. The third-order valence-electron chi connectivity index (χ3n) is 3.86. The first-order valence-electron chi connectivity index (χ1n) is 6.94. The van der Waals surface area contributed by atoms with Gasteiger partial charge in [0.2, 0.25) is 0 Å². The molecule has 0 aliphatic carbocycles. The summed E-state index contributed by atoms with van der Waals surface area (Å²) < 4.78 is 5.51. The molecule has 0 saturated carbocycles. The van der Waals surface area contributed by atoms with Gasteiger partial charge in [0.1, 0.15) is 0 Å². The Morgan fingerprint density at radius 3 is 2.44 bits per heavy atom. The lowest BCUT2D eigenvalue weighted by Crippen LogP contribution is -2.23. The first-order valence-corrected chi connectivity index (χ1v) is 6.94. The number of hydrogen-bond acceptors (Lipinski definition) is 2. The maximum atomic E-state index is 10.2. The Morgan fingerprint density at radius 1 is 1.28 bits per heavy atom. The van der Waals surface area contributed by atoms with Gasteiger partial charge >= 0.3 is 0 Å². The molecular weight excluding hydrogens is 224 g/mol. The highest BCUT2D eigenvalue weighted by Gasteiger charge is 2.28. The molecule has 3 atom stereocenters. The molecule has 18 heavy (non-hydrogen) atoms. The van der Waals surface area contributed by atoms with E-state index in [9.17, 15) is 5.11 Å². The summed E-state index contributed by atoms with van der Waals surface area (Å²) in [7, 11) is 0. The van der Waals surface area contributed by atoms with E-state index < -0.39 is 0 Å². The monoisotopic (exact) mass is 248 g/mol. The van der Waals surface area contributed by atoms with Crippen molar-refractivity contribution in [3.05, 3.63) is 35.4 Å². The Hall–Kier alpha value is -0.860. The smallest absolute Gasteiger partial charge is 0.0631 e. The number of benzene rings is 1. The van der Waals surface area contributed by atoms with Crippen molar-refractivity contribution in [2.45, 2.75) is 51.7 Å². The van der Waals surface area contributed by atoms with Crippen LogP contribution in [0, 0.1) is 5.92 Å². The number of aliphatic hydroxyl groups is 1. The van der Waals surface area contributed by atoms with Gasteiger partial charge in [-0.1, -0.05) is 38.1 Å². The quantitative estimate of drug-likeness (QED) is 0.887. The van der Waals surface area contributed by atoms with Crippen LogP contribution in [0.3, 0.4) is 0 Å². The molecule has 1 aromatic carbocycles. The topological polar surface area (TPSA) is 29.5 Å². The fourth-order valence-electron chi connectivity index (χ4n) is 2.57. The second-order valence-corrected chi connectivity index (χ2v) is 5.81. The normalized spacial score (nSPS) is 25.6. The summed E-state index contributed by atoms with van der Waals surface area (Å²) in [6, 6.07) is 8.61. The van der Waals surface area contributed by atoms with Crippen molar-refractivity contribution < 1.29 is 9.84 Å².